The summed E-state index contributed by atoms with van der Waals surface area (Å²) in [6.07, 6.45) is 10.2. The minimum Gasteiger partial charge on any atom is -0.280 e. The zero-order valence-electron chi connectivity index (χ0n) is 12.8. The van der Waals surface area contributed by atoms with Crippen LogP contribution in [0.4, 0.5) is 0 Å². The lowest BCUT2D eigenvalue weighted by Crippen LogP contribution is -2.49. The molecule has 114 valence electrons. The highest BCUT2D eigenvalue weighted by Crippen LogP contribution is 2.60. The Balaban J connectivity index is 1.66. The monoisotopic (exact) mass is 305 g/mol. The summed E-state index contributed by atoms with van der Waals surface area (Å²) in [5, 5.41) is 0.597. The number of aromatic nitrogens is 3. The fourth-order valence-electron chi connectivity index (χ4n) is 5.60. The molecule has 4 saturated carbocycles. The summed E-state index contributed by atoms with van der Waals surface area (Å²) in [6, 6.07) is 0. The van der Waals surface area contributed by atoms with Crippen LogP contribution >= 0.6 is 11.8 Å². The molecule has 0 amide bonds. The average molecular weight is 305 g/mol. The standard InChI is InChI=1S/C16H23N3OS/c1-10-17-14(21-2)18-15(20)19(10)9-16-6-11-3-12(7-16)5-13(4-11)8-16/h11-13H,3-9H2,1-2H3. The molecule has 4 nitrogen and oxygen atoms in total. The molecule has 0 atom stereocenters. The lowest BCUT2D eigenvalue weighted by molar-refractivity contribution is -0.0630. The van der Waals surface area contributed by atoms with Gasteiger partial charge in [-0.25, -0.2) is 9.78 Å². The second-order valence-corrected chi connectivity index (χ2v) is 8.32. The van der Waals surface area contributed by atoms with Crippen molar-refractivity contribution in [1.29, 1.82) is 0 Å². The summed E-state index contributed by atoms with van der Waals surface area (Å²) in [7, 11) is 0. The third-order valence-corrected chi connectivity index (χ3v) is 6.46. The van der Waals surface area contributed by atoms with Crippen LogP contribution < -0.4 is 5.69 Å². The molecule has 4 bridgehead atoms. The summed E-state index contributed by atoms with van der Waals surface area (Å²) in [5.74, 6) is 3.58. The molecule has 4 fully saturated rings. The van der Waals surface area contributed by atoms with Gasteiger partial charge in [-0.2, -0.15) is 4.98 Å². The summed E-state index contributed by atoms with van der Waals surface area (Å²) < 4.78 is 1.84. The molecule has 4 aliphatic rings. The van der Waals surface area contributed by atoms with Gasteiger partial charge in [0.2, 0.25) is 0 Å². The maximum Gasteiger partial charge on any atom is 0.351 e. The number of nitrogens with zero attached hydrogens (tertiary/aromatic N) is 3. The highest BCUT2D eigenvalue weighted by Gasteiger charge is 2.51. The van der Waals surface area contributed by atoms with Crippen molar-refractivity contribution in [2.75, 3.05) is 6.26 Å². The normalized spacial score (nSPS) is 37.1. The van der Waals surface area contributed by atoms with Gasteiger partial charge < -0.3 is 0 Å². The molecule has 0 radical (unpaired) electrons. The fourth-order valence-corrected chi connectivity index (χ4v) is 5.99. The van der Waals surface area contributed by atoms with Crippen LogP contribution in [0.2, 0.25) is 0 Å². The zero-order chi connectivity index (χ0) is 14.6. The first-order valence-corrected chi connectivity index (χ1v) is 9.29. The van der Waals surface area contributed by atoms with E-state index in [0.717, 1.165) is 30.1 Å². The zero-order valence-corrected chi connectivity index (χ0v) is 13.7. The number of rotatable bonds is 3. The van der Waals surface area contributed by atoms with E-state index in [-0.39, 0.29) is 5.69 Å². The van der Waals surface area contributed by atoms with Crippen LogP contribution in [0.3, 0.4) is 0 Å². The Kier molecular flexibility index (Phi) is 3.18. The van der Waals surface area contributed by atoms with Gasteiger partial charge in [-0.1, -0.05) is 11.8 Å². The predicted octanol–water partition coefficient (Wildman–Crippen LogP) is 2.89. The van der Waals surface area contributed by atoms with E-state index in [2.05, 4.69) is 9.97 Å². The highest BCUT2D eigenvalue weighted by atomic mass is 32.2. The van der Waals surface area contributed by atoms with E-state index in [0.29, 0.717) is 10.6 Å². The molecule has 0 unspecified atom stereocenters. The van der Waals surface area contributed by atoms with Crippen LogP contribution in [0, 0.1) is 30.1 Å². The van der Waals surface area contributed by atoms with E-state index >= 15 is 0 Å². The Bertz CT molecular complexity index is 589. The summed E-state index contributed by atoms with van der Waals surface area (Å²) >= 11 is 1.44. The molecule has 0 aliphatic heterocycles. The first-order valence-electron chi connectivity index (χ1n) is 8.06. The molecule has 1 aromatic heterocycles. The third kappa shape index (κ3) is 2.33. The largest absolute Gasteiger partial charge is 0.351 e. The SMILES string of the molecule is CSc1nc(C)n(CC23CC4CC(CC(C4)C2)C3)c(=O)n1. The molecule has 0 N–H and O–H groups in total. The Morgan fingerprint density at radius 1 is 1.14 bits per heavy atom. The number of thioether (sulfide) groups is 1. The van der Waals surface area contributed by atoms with Crippen LogP contribution in [-0.4, -0.2) is 20.8 Å². The highest BCUT2D eigenvalue weighted by molar-refractivity contribution is 7.98. The van der Waals surface area contributed by atoms with Crippen molar-refractivity contribution in [2.24, 2.45) is 23.2 Å². The van der Waals surface area contributed by atoms with Gasteiger partial charge in [0.15, 0.2) is 5.16 Å². The number of hydrogen-bond donors (Lipinski definition) is 0. The van der Waals surface area contributed by atoms with Crippen molar-refractivity contribution in [3.8, 4) is 0 Å². The predicted molar refractivity (Wildman–Crippen MR) is 83.4 cm³/mol. The van der Waals surface area contributed by atoms with Crippen LogP contribution in [0.5, 0.6) is 0 Å². The van der Waals surface area contributed by atoms with Gasteiger partial charge >= 0.3 is 5.69 Å². The molecular formula is C16H23N3OS. The summed E-state index contributed by atoms with van der Waals surface area (Å²) in [6.45, 7) is 2.79. The Hall–Kier alpha value is -0.840. The Morgan fingerprint density at radius 3 is 2.19 bits per heavy atom. The molecule has 4 aliphatic carbocycles. The third-order valence-electron chi connectivity index (χ3n) is 5.91. The summed E-state index contributed by atoms with van der Waals surface area (Å²) in [4.78, 5) is 20.9. The van der Waals surface area contributed by atoms with E-state index in [4.69, 9.17) is 0 Å². The van der Waals surface area contributed by atoms with Crippen LogP contribution in [0.15, 0.2) is 9.95 Å². The first kappa shape index (κ1) is 13.8. The van der Waals surface area contributed by atoms with Crippen LogP contribution in [0.1, 0.15) is 44.3 Å². The van der Waals surface area contributed by atoms with Crippen molar-refractivity contribution in [3.05, 3.63) is 16.3 Å². The van der Waals surface area contributed by atoms with Gasteiger partial charge in [0.25, 0.3) is 0 Å². The molecule has 1 heterocycles. The fraction of sp³-hybridized carbons (Fsp3) is 0.812. The van der Waals surface area contributed by atoms with Crippen molar-refractivity contribution < 1.29 is 0 Å². The van der Waals surface area contributed by atoms with Crippen molar-refractivity contribution in [3.63, 3.8) is 0 Å². The van der Waals surface area contributed by atoms with Crippen molar-refractivity contribution in [1.82, 2.24) is 14.5 Å². The van der Waals surface area contributed by atoms with Crippen molar-refractivity contribution >= 4 is 11.8 Å². The maximum atomic E-state index is 12.3. The summed E-state index contributed by atoms with van der Waals surface area (Å²) in [5.41, 5.74) is 0.246. The van der Waals surface area contributed by atoms with E-state index in [1.54, 1.807) is 0 Å². The molecule has 0 spiro atoms. The van der Waals surface area contributed by atoms with E-state index in [1.165, 1.54) is 50.3 Å². The van der Waals surface area contributed by atoms with Gasteiger partial charge in [0.1, 0.15) is 5.82 Å². The second-order valence-electron chi connectivity index (χ2n) is 7.54. The average Bonchev–Trinajstić information content (AvgIpc) is 2.41. The molecule has 21 heavy (non-hydrogen) atoms. The maximum absolute atomic E-state index is 12.3. The molecule has 0 aromatic carbocycles. The molecule has 1 aromatic rings. The van der Waals surface area contributed by atoms with E-state index in [1.807, 2.05) is 17.7 Å². The topological polar surface area (TPSA) is 47.8 Å². The first-order chi connectivity index (χ1) is 10.1. The minimum absolute atomic E-state index is 0.109. The van der Waals surface area contributed by atoms with E-state index in [9.17, 15) is 4.79 Å². The Morgan fingerprint density at radius 2 is 1.71 bits per heavy atom. The number of hydrogen-bond acceptors (Lipinski definition) is 4. The minimum atomic E-state index is -0.109. The molecule has 5 heteroatoms. The lowest BCUT2D eigenvalue weighted by atomic mass is 9.49. The number of aryl methyl sites for hydroxylation is 1. The van der Waals surface area contributed by atoms with Gasteiger partial charge in [0, 0.05) is 6.54 Å². The molecular weight excluding hydrogens is 282 g/mol. The van der Waals surface area contributed by atoms with Gasteiger partial charge in [-0.05, 0) is 74.9 Å². The smallest absolute Gasteiger partial charge is 0.280 e. The van der Waals surface area contributed by atoms with Gasteiger partial charge in [-0.15, -0.1) is 0 Å². The van der Waals surface area contributed by atoms with Gasteiger partial charge in [-0.3, -0.25) is 4.57 Å². The van der Waals surface area contributed by atoms with Crippen LogP contribution in [-0.2, 0) is 6.54 Å². The van der Waals surface area contributed by atoms with Crippen LogP contribution in [0.25, 0.3) is 0 Å². The quantitative estimate of drug-likeness (QED) is 0.806. The van der Waals surface area contributed by atoms with E-state index < -0.39 is 0 Å². The Labute approximate surface area is 129 Å². The van der Waals surface area contributed by atoms with Crippen molar-refractivity contribution in [2.45, 2.75) is 57.1 Å². The molecule has 0 saturated heterocycles. The second kappa shape index (κ2) is 4.83. The molecule has 5 rings (SSSR count). The van der Waals surface area contributed by atoms with Gasteiger partial charge in [0.05, 0.1) is 0 Å². The lowest BCUT2D eigenvalue weighted by Gasteiger charge is -2.57.